The summed E-state index contributed by atoms with van der Waals surface area (Å²) in [4.78, 5) is 14.9. The van der Waals surface area contributed by atoms with Gasteiger partial charge in [-0.3, -0.25) is 14.2 Å². The van der Waals surface area contributed by atoms with Gasteiger partial charge in [0.05, 0.1) is 34.6 Å². The molecule has 1 atom stereocenters. The van der Waals surface area contributed by atoms with Crippen molar-refractivity contribution >= 4 is 27.5 Å². The van der Waals surface area contributed by atoms with E-state index < -0.39 is 10.0 Å². The molecule has 1 aliphatic heterocycles. The second-order valence-corrected chi connectivity index (χ2v) is 10.0. The molecular formula is C19H29ClN6O3S. The maximum Gasteiger partial charge on any atom is 0.246 e. The van der Waals surface area contributed by atoms with Gasteiger partial charge in [0, 0.05) is 38.9 Å². The Morgan fingerprint density at radius 3 is 2.27 bits per heavy atom. The molecule has 2 aromatic rings. The van der Waals surface area contributed by atoms with E-state index in [1.54, 1.807) is 27.4 Å². The molecule has 11 heteroatoms. The van der Waals surface area contributed by atoms with Gasteiger partial charge in [0.15, 0.2) is 0 Å². The number of carbonyl (C=O) groups excluding carboxylic acids is 1. The SMILES string of the molecule is CCn1cc(S(=O)(=O)N2CCN(C(=O)C(C)Cn3nc(C)c(Cl)c3C)CC2)c(C)n1. The standard InChI is InChI=1S/C19H29ClN6O3S/c1-6-24-12-17(14(3)21-24)30(28,29)25-9-7-23(8-10-25)19(27)13(2)11-26-16(5)18(20)15(4)22-26/h12-13H,6-11H2,1-5H3. The molecule has 3 rings (SSSR count). The number of hydrogen-bond donors (Lipinski definition) is 0. The first kappa shape index (κ1) is 22.8. The summed E-state index contributed by atoms with van der Waals surface area (Å²) in [5.41, 5.74) is 2.08. The van der Waals surface area contributed by atoms with Gasteiger partial charge in [-0.1, -0.05) is 18.5 Å². The Bertz CT molecular complexity index is 1040. The molecule has 0 saturated carbocycles. The molecule has 1 amide bonds. The Morgan fingerprint density at radius 2 is 1.77 bits per heavy atom. The van der Waals surface area contributed by atoms with Crippen molar-refractivity contribution in [2.75, 3.05) is 26.2 Å². The third-order valence-electron chi connectivity index (χ3n) is 5.55. The Hall–Kier alpha value is -1.91. The quantitative estimate of drug-likeness (QED) is 0.661. The molecule has 2 aromatic heterocycles. The summed E-state index contributed by atoms with van der Waals surface area (Å²) in [6, 6.07) is 0. The van der Waals surface area contributed by atoms with Gasteiger partial charge in [-0.25, -0.2) is 8.42 Å². The molecule has 0 radical (unpaired) electrons. The van der Waals surface area contributed by atoms with E-state index in [1.807, 2.05) is 27.7 Å². The summed E-state index contributed by atoms with van der Waals surface area (Å²) in [6.45, 7) is 11.5. The van der Waals surface area contributed by atoms with E-state index in [9.17, 15) is 13.2 Å². The maximum absolute atomic E-state index is 13.0. The van der Waals surface area contributed by atoms with E-state index in [2.05, 4.69) is 10.2 Å². The first-order valence-electron chi connectivity index (χ1n) is 10.1. The molecule has 30 heavy (non-hydrogen) atoms. The van der Waals surface area contributed by atoms with Gasteiger partial charge in [-0.2, -0.15) is 14.5 Å². The fourth-order valence-corrected chi connectivity index (χ4v) is 5.43. The van der Waals surface area contributed by atoms with Crippen LogP contribution in [-0.4, -0.2) is 69.3 Å². The highest BCUT2D eigenvalue weighted by molar-refractivity contribution is 7.89. The second kappa shape index (κ2) is 8.68. The lowest BCUT2D eigenvalue weighted by atomic mass is 10.1. The number of rotatable bonds is 6. The van der Waals surface area contributed by atoms with E-state index in [1.165, 1.54) is 4.31 Å². The summed E-state index contributed by atoms with van der Waals surface area (Å²) in [6.07, 6.45) is 1.57. The number of sulfonamides is 1. The second-order valence-electron chi connectivity index (χ2n) is 7.73. The molecular weight excluding hydrogens is 428 g/mol. The van der Waals surface area contributed by atoms with Crippen LogP contribution in [0.4, 0.5) is 0 Å². The Labute approximate surface area is 182 Å². The number of hydrogen-bond acceptors (Lipinski definition) is 5. The minimum Gasteiger partial charge on any atom is -0.340 e. The maximum atomic E-state index is 13.0. The minimum atomic E-state index is -3.62. The Kier molecular flexibility index (Phi) is 6.59. The van der Waals surface area contributed by atoms with E-state index in [4.69, 9.17) is 11.6 Å². The van der Waals surface area contributed by atoms with Crippen LogP contribution < -0.4 is 0 Å². The van der Waals surface area contributed by atoms with E-state index in [0.29, 0.717) is 36.9 Å². The third-order valence-corrected chi connectivity index (χ3v) is 8.10. The molecule has 1 fully saturated rings. The number of amides is 1. The van der Waals surface area contributed by atoms with Gasteiger partial charge in [-0.15, -0.1) is 0 Å². The monoisotopic (exact) mass is 456 g/mol. The molecule has 0 bridgehead atoms. The van der Waals surface area contributed by atoms with Crippen molar-refractivity contribution in [1.82, 2.24) is 28.8 Å². The average Bonchev–Trinajstić information content (AvgIpc) is 3.22. The van der Waals surface area contributed by atoms with Crippen molar-refractivity contribution in [2.24, 2.45) is 5.92 Å². The van der Waals surface area contributed by atoms with Crippen molar-refractivity contribution in [1.29, 1.82) is 0 Å². The molecule has 0 aromatic carbocycles. The number of nitrogens with zero attached hydrogens (tertiary/aromatic N) is 6. The van der Waals surface area contributed by atoms with Crippen molar-refractivity contribution < 1.29 is 13.2 Å². The molecule has 166 valence electrons. The zero-order valence-electron chi connectivity index (χ0n) is 18.1. The van der Waals surface area contributed by atoms with Crippen LogP contribution >= 0.6 is 11.6 Å². The highest BCUT2D eigenvalue weighted by Gasteiger charge is 2.33. The normalized spacial score (nSPS) is 16.8. The summed E-state index contributed by atoms with van der Waals surface area (Å²) >= 11 is 6.19. The molecule has 1 aliphatic rings. The van der Waals surface area contributed by atoms with Gasteiger partial charge in [0.2, 0.25) is 15.9 Å². The summed E-state index contributed by atoms with van der Waals surface area (Å²) in [5.74, 6) is -0.294. The van der Waals surface area contributed by atoms with Crippen molar-refractivity contribution in [3.8, 4) is 0 Å². The zero-order valence-corrected chi connectivity index (χ0v) is 19.7. The van der Waals surface area contributed by atoms with Crippen LogP contribution in [0.2, 0.25) is 5.02 Å². The fourth-order valence-electron chi connectivity index (χ4n) is 3.70. The highest BCUT2D eigenvalue weighted by Crippen LogP contribution is 2.22. The van der Waals surface area contributed by atoms with Gasteiger partial charge < -0.3 is 4.90 Å². The van der Waals surface area contributed by atoms with Crippen LogP contribution in [0.5, 0.6) is 0 Å². The van der Waals surface area contributed by atoms with Crippen molar-refractivity contribution in [2.45, 2.75) is 52.6 Å². The summed E-state index contributed by atoms with van der Waals surface area (Å²) in [5, 5.41) is 9.25. The van der Waals surface area contributed by atoms with Crippen LogP contribution in [0.3, 0.4) is 0 Å². The zero-order chi connectivity index (χ0) is 22.2. The third kappa shape index (κ3) is 4.26. The lowest BCUT2D eigenvalue weighted by molar-refractivity contribution is -0.136. The number of carbonyl (C=O) groups is 1. The highest BCUT2D eigenvalue weighted by atomic mass is 35.5. The number of aromatic nitrogens is 4. The summed E-state index contributed by atoms with van der Waals surface area (Å²) in [7, 11) is -3.62. The summed E-state index contributed by atoms with van der Waals surface area (Å²) < 4.78 is 30.8. The van der Waals surface area contributed by atoms with Gasteiger partial charge in [-0.05, 0) is 27.7 Å². The van der Waals surface area contributed by atoms with E-state index >= 15 is 0 Å². The first-order valence-corrected chi connectivity index (χ1v) is 11.9. The molecule has 0 N–H and O–H groups in total. The van der Waals surface area contributed by atoms with Gasteiger partial charge in [0.1, 0.15) is 4.90 Å². The number of halogens is 1. The smallest absolute Gasteiger partial charge is 0.246 e. The van der Waals surface area contributed by atoms with Crippen LogP contribution in [0.25, 0.3) is 0 Å². The van der Waals surface area contributed by atoms with Gasteiger partial charge in [0.25, 0.3) is 0 Å². The Balaban J connectivity index is 1.63. The average molecular weight is 457 g/mol. The topological polar surface area (TPSA) is 93.3 Å². The molecule has 0 aliphatic carbocycles. The molecule has 3 heterocycles. The van der Waals surface area contributed by atoms with E-state index in [-0.39, 0.29) is 29.8 Å². The lowest BCUT2D eigenvalue weighted by Crippen LogP contribution is -2.52. The van der Waals surface area contributed by atoms with Crippen LogP contribution in [0.15, 0.2) is 11.1 Å². The largest absolute Gasteiger partial charge is 0.340 e. The molecule has 9 nitrogen and oxygen atoms in total. The number of piperazine rings is 1. The Morgan fingerprint density at radius 1 is 1.13 bits per heavy atom. The molecule has 0 spiro atoms. The van der Waals surface area contributed by atoms with Crippen LogP contribution in [0.1, 0.15) is 30.9 Å². The van der Waals surface area contributed by atoms with E-state index in [0.717, 1.165) is 11.4 Å². The van der Waals surface area contributed by atoms with Crippen molar-refractivity contribution in [3.05, 3.63) is 28.3 Å². The predicted molar refractivity (Wildman–Crippen MR) is 114 cm³/mol. The van der Waals surface area contributed by atoms with Crippen molar-refractivity contribution in [3.63, 3.8) is 0 Å². The predicted octanol–water partition coefficient (Wildman–Crippen LogP) is 1.85. The molecule has 1 saturated heterocycles. The minimum absolute atomic E-state index is 0.00861. The van der Waals surface area contributed by atoms with Crippen LogP contribution in [-0.2, 0) is 27.9 Å². The molecule has 1 unspecified atom stereocenters. The first-order chi connectivity index (χ1) is 14.1. The lowest BCUT2D eigenvalue weighted by Gasteiger charge is -2.35. The fraction of sp³-hybridized carbons (Fsp3) is 0.632. The van der Waals surface area contributed by atoms with Gasteiger partial charge >= 0.3 is 0 Å². The van der Waals surface area contributed by atoms with Crippen LogP contribution in [0, 0.1) is 26.7 Å². The number of aryl methyl sites for hydroxylation is 3.